The van der Waals surface area contributed by atoms with Crippen LogP contribution in [0.2, 0.25) is 0 Å². The van der Waals surface area contributed by atoms with E-state index in [-0.39, 0.29) is 17.4 Å². The molecule has 0 aromatic heterocycles. The molecule has 0 spiro atoms. The van der Waals surface area contributed by atoms with Gasteiger partial charge in [-0.15, -0.1) is 0 Å². The molecule has 1 aliphatic rings. The Hall–Kier alpha value is -1.84. The molecule has 1 saturated carbocycles. The standard InChI is InChI=1S/C18H30F2.C12H14F2/c1-7-9-10-13(3)14(4)11-12-15(5)16(6)18(20)17(19)8-2;13-11-8-4-7-10(12(11)14)9-5-2-1-3-6-9/h8,13-15H,2,6-7,9-12H2,1,3-5H3;4,7-9H,1-3,5-6H2/b18-17-;. The highest BCUT2D eigenvalue weighted by Crippen LogP contribution is 2.34. The highest BCUT2D eigenvalue weighted by Gasteiger charge is 2.20. The van der Waals surface area contributed by atoms with Crippen LogP contribution in [0.1, 0.15) is 103 Å². The third-order valence-electron chi connectivity index (χ3n) is 7.33. The van der Waals surface area contributed by atoms with Crippen LogP contribution in [-0.4, -0.2) is 0 Å². The van der Waals surface area contributed by atoms with Crippen LogP contribution in [0.4, 0.5) is 17.6 Å². The van der Waals surface area contributed by atoms with Crippen molar-refractivity contribution < 1.29 is 17.6 Å². The van der Waals surface area contributed by atoms with Gasteiger partial charge in [0.25, 0.3) is 0 Å². The lowest BCUT2D eigenvalue weighted by atomic mass is 9.84. The van der Waals surface area contributed by atoms with E-state index in [1.807, 2.05) is 6.92 Å². The normalized spacial score (nSPS) is 17.6. The van der Waals surface area contributed by atoms with E-state index >= 15 is 0 Å². The average molecular weight is 481 g/mol. The minimum absolute atomic E-state index is 0.0403. The monoisotopic (exact) mass is 480 g/mol. The summed E-state index contributed by atoms with van der Waals surface area (Å²) in [4.78, 5) is 0. The molecule has 1 aliphatic carbocycles. The number of hydrogen-bond donors (Lipinski definition) is 0. The van der Waals surface area contributed by atoms with Crippen LogP contribution in [0.25, 0.3) is 0 Å². The van der Waals surface area contributed by atoms with Gasteiger partial charge < -0.3 is 0 Å². The van der Waals surface area contributed by atoms with Crippen molar-refractivity contribution in [3.8, 4) is 0 Å². The van der Waals surface area contributed by atoms with Crippen LogP contribution >= 0.6 is 0 Å². The SMILES string of the molecule is C=C/C(F)=C(/F)C(=C)C(C)CCC(C)C(C)CCCC.Fc1cccc(C2CCCCC2)c1F. The van der Waals surface area contributed by atoms with E-state index in [4.69, 9.17) is 0 Å². The maximum Gasteiger partial charge on any atom is 0.162 e. The van der Waals surface area contributed by atoms with Gasteiger partial charge in [-0.25, -0.2) is 17.6 Å². The van der Waals surface area contributed by atoms with E-state index < -0.39 is 23.3 Å². The summed E-state index contributed by atoms with van der Waals surface area (Å²) in [7, 11) is 0. The zero-order valence-corrected chi connectivity index (χ0v) is 21.6. The smallest absolute Gasteiger partial charge is 0.162 e. The number of rotatable bonds is 11. The maximum atomic E-state index is 13.6. The van der Waals surface area contributed by atoms with Gasteiger partial charge in [-0.2, -0.15) is 0 Å². The van der Waals surface area contributed by atoms with Crippen LogP contribution in [-0.2, 0) is 0 Å². The van der Waals surface area contributed by atoms with Crippen LogP contribution in [0.5, 0.6) is 0 Å². The Morgan fingerprint density at radius 3 is 2.21 bits per heavy atom. The van der Waals surface area contributed by atoms with Crippen molar-refractivity contribution >= 4 is 0 Å². The first-order valence-corrected chi connectivity index (χ1v) is 12.9. The number of unbranched alkanes of at least 4 members (excludes halogenated alkanes) is 1. The Bertz CT molecular complexity index is 789. The highest BCUT2D eigenvalue weighted by molar-refractivity contribution is 5.30. The first-order valence-electron chi connectivity index (χ1n) is 12.9. The van der Waals surface area contributed by atoms with Gasteiger partial charge in [0.05, 0.1) is 0 Å². The van der Waals surface area contributed by atoms with Gasteiger partial charge in [-0.05, 0) is 72.6 Å². The zero-order chi connectivity index (χ0) is 25.7. The molecule has 34 heavy (non-hydrogen) atoms. The van der Waals surface area contributed by atoms with Crippen LogP contribution in [0, 0.1) is 29.4 Å². The Morgan fingerprint density at radius 2 is 1.62 bits per heavy atom. The van der Waals surface area contributed by atoms with E-state index in [0.717, 1.165) is 44.6 Å². The Morgan fingerprint density at radius 1 is 1.00 bits per heavy atom. The summed E-state index contributed by atoms with van der Waals surface area (Å²) < 4.78 is 53.1. The maximum absolute atomic E-state index is 13.6. The van der Waals surface area contributed by atoms with Crippen molar-refractivity contribution in [3.05, 3.63) is 71.9 Å². The Kier molecular flexibility index (Phi) is 14.2. The molecule has 192 valence electrons. The molecule has 0 bridgehead atoms. The molecule has 0 amide bonds. The number of halogens is 4. The average Bonchev–Trinajstić information content (AvgIpc) is 2.86. The van der Waals surface area contributed by atoms with Gasteiger partial charge in [0.2, 0.25) is 0 Å². The van der Waals surface area contributed by atoms with Crippen LogP contribution in [0.15, 0.2) is 54.7 Å². The molecule has 0 heterocycles. The summed E-state index contributed by atoms with van der Waals surface area (Å²) >= 11 is 0. The van der Waals surface area contributed by atoms with Crippen molar-refractivity contribution in [2.24, 2.45) is 17.8 Å². The molecule has 2 rings (SSSR count). The minimum atomic E-state index is -0.911. The van der Waals surface area contributed by atoms with Crippen molar-refractivity contribution in [1.29, 1.82) is 0 Å². The first kappa shape index (κ1) is 30.2. The lowest BCUT2D eigenvalue weighted by Crippen LogP contribution is -2.10. The van der Waals surface area contributed by atoms with Crippen molar-refractivity contribution in [3.63, 3.8) is 0 Å². The van der Waals surface area contributed by atoms with E-state index in [1.54, 1.807) is 12.1 Å². The fourth-order valence-corrected chi connectivity index (χ4v) is 4.49. The first-order chi connectivity index (χ1) is 16.1. The third kappa shape index (κ3) is 9.80. The predicted molar refractivity (Wildman–Crippen MR) is 137 cm³/mol. The summed E-state index contributed by atoms with van der Waals surface area (Å²) in [5, 5.41) is 0. The zero-order valence-electron chi connectivity index (χ0n) is 21.6. The van der Waals surface area contributed by atoms with Gasteiger partial charge in [0, 0.05) is 0 Å². The van der Waals surface area contributed by atoms with Gasteiger partial charge in [0.1, 0.15) is 0 Å². The number of hydrogen-bond acceptors (Lipinski definition) is 0. The lowest BCUT2D eigenvalue weighted by molar-refractivity contribution is 0.317. The quantitative estimate of drug-likeness (QED) is 0.218. The summed E-state index contributed by atoms with van der Waals surface area (Å²) in [6.07, 6.45) is 12.0. The highest BCUT2D eigenvalue weighted by atomic mass is 19.2. The molecular formula is C30H44F4. The summed E-state index contributed by atoms with van der Waals surface area (Å²) in [5.41, 5.74) is 0.820. The molecule has 3 atom stereocenters. The summed E-state index contributed by atoms with van der Waals surface area (Å²) in [6.45, 7) is 15.5. The van der Waals surface area contributed by atoms with Crippen LogP contribution < -0.4 is 0 Å². The Labute approximate surface area is 205 Å². The minimum Gasteiger partial charge on any atom is -0.204 e. The molecule has 0 nitrogen and oxygen atoms in total. The second-order valence-electron chi connectivity index (χ2n) is 9.94. The lowest BCUT2D eigenvalue weighted by Gasteiger charge is -2.22. The molecule has 1 fully saturated rings. The van der Waals surface area contributed by atoms with E-state index in [2.05, 4.69) is 33.9 Å². The summed E-state index contributed by atoms with van der Waals surface area (Å²) in [6, 6.07) is 4.50. The predicted octanol–water partition coefficient (Wildman–Crippen LogP) is 10.8. The second kappa shape index (κ2) is 15.9. The van der Waals surface area contributed by atoms with E-state index in [9.17, 15) is 17.6 Å². The molecule has 0 saturated heterocycles. The van der Waals surface area contributed by atoms with Gasteiger partial charge >= 0.3 is 0 Å². The molecule has 0 radical (unpaired) electrons. The van der Waals surface area contributed by atoms with E-state index in [0.29, 0.717) is 17.4 Å². The number of allylic oxidation sites excluding steroid dienone is 4. The Balaban J connectivity index is 0.000000358. The molecule has 1 aromatic rings. The molecule has 3 unspecified atom stereocenters. The summed E-state index contributed by atoms with van der Waals surface area (Å²) in [5.74, 6) is -1.63. The fourth-order valence-electron chi connectivity index (χ4n) is 4.49. The van der Waals surface area contributed by atoms with Crippen molar-refractivity contribution in [2.45, 2.75) is 97.8 Å². The molecule has 1 aromatic carbocycles. The van der Waals surface area contributed by atoms with Crippen molar-refractivity contribution in [1.82, 2.24) is 0 Å². The number of benzene rings is 1. The van der Waals surface area contributed by atoms with Gasteiger partial charge in [0.15, 0.2) is 23.3 Å². The molecule has 0 N–H and O–H groups in total. The third-order valence-corrected chi connectivity index (χ3v) is 7.33. The second-order valence-corrected chi connectivity index (χ2v) is 9.94. The molecule has 4 heteroatoms. The van der Waals surface area contributed by atoms with Crippen molar-refractivity contribution in [2.75, 3.05) is 0 Å². The molecular weight excluding hydrogens is 436 g/mol. The molecule has 0 aliphatic heterocycles. The largest absolute Gasteiger partial charge is 0.204 e. The van der Waals surface area contributed by atoms with E-state index in [1.165, 1.54) is 31.7 Å². The topological polar surface area (TPSA) is 0 Å². The fraction of sp³-hybridized carbons (Fsp3) is 0.600. The van der Waals surface area contributed by atoms with Gasteiger partial charge in [-0.3, -0.25) is 0 Å². The van der Waals surface area contributed by atoms with Crippen LogP contribution in [0.3, 0.4) is 0 Å². The van der Waals surface area contributed by atoms with Gasteiger partial charge in [-0.1, -0.05) is 91.5 Å².